The van der Waals surface area contributed by atoms with Crippen molar-refractivity contribution in [2.75, 3.05) is 18.4 Å². The SMILES string of the molecule is CCC[C@H](N[C@H]1CCc2cc(F)cc(F)c2C1)C(=O)Nc1ccn(C(C)(C)CNCC(C)(C)C)c1. The highest BCUT2D eigenvalue weighted by molar-refractivity contribution is 5.94. The van der Waals surface area contributed by atoms with Crippen LogP contribution in [0.4, 0.5) is 14.5 Å². The van der Waals surface area contributed by atoms with Crippen molar-refractivity contribution >= 4 is 11.6 Å². The van der Waals surface area contributed by atoms with Crippen LogP contribution in [0.3, 0.4) is 0 Å². The summed E-state index contributed by atoms with van der Waals surface area (Å²) >= 11 is 0. The van der Waals surface area contributed by atoms with Crippen molar-refractivity contribution in [3.8, 4) is 0 Å². The number of aromatic nitrogens is 1. The number of anilines is 1. The maximum Gasteiger partial charge on any atom is 0.241 e. The Hall–Kier alpha value is -2.25. The maximum atomic E-state index is 14.3. The van der Waals surface area contributed by atoms with Crippen LogP contribution in [0, 0.1) is 17.0 Å². The number of amides is 1. The lowest BCUT2D eigenvalue weighted by Gasteiger charge is -2.30. The first-order valence-electron chi connectivity index (χ1n) is 12.8. The van der Waals surface area contributed by atoms with Gasteiger partial charge in [-0.15, -0.1) is 0 Å². The molecule has 1 amide bonds. The van der Waals surface area contributed by atoms with E-state index in [1.807, 2.05) is 25.4 Å². The summed E-state index contributed by atoms with van der Waals surface area (Å²) in [5.74, 6) is -1.11. The fraction of sp³-hybridized carbons (Fsp3) is 0.607. The molecule has 1 aromatic heterocycles. The second-order valence-corrected chi connectivity index (χ2v) is 11.7. The number of carbonyl (C=O) groups is 1. The average molecular weight is 489 g/mol. The molecule has 0 bridgehead atoms. The zero-order valence-electron chi connectivity index (χ0n) is 22.1. The molecule has 35 heavy (non-hydrogen) atoms. The van der Waals surface area contributed by atoms with Gasteiger partial charge in [0, 0.05) is 37.6 Å². The molecule has 0 spiro atoms. The summed E-state index contributed by atoms with van der Waals surface area (Å²) in [7, 11) is 0. The summed E-state index contributed by atoms with van der Waals surface area (Å²) < 4.78 is 30.0. The number of aryl methyl sites for hydroxylation is 1. The number of hydrogen-bond acceptors (Lipinski definition) is 3. The molecule has 5 nitrogen and oxygen atoms in total. The van der Waals surface area contributed by atoms with Crippen molar-refractivity contribution in [1.29, 1.82) is 0 Å². The van der Waals surface area contributed by atoms with Gasteiger partial charge in [0.1, 0.15) is 11.6 Å². The second kappa shape index (κ2) is 11.2. The van der Waals surface area contributed by atoms with E-state index in [4.69, 9.17) is 0 Å². The minimum atomic E-state index is -0.531. The van der Waals surface area contributed by atoms with Crippen molar-refractivity contribution in [1.82, 2.24) is 15.2 Å². The van der Waals surface area contributed by atoms with E-state index >= 15 is 0 Å². The molecule has 1 aromatic carbocycles. The number of rotatable bonds is 10. The van der Waals surface area contributed by atoms with E-state index in [2.05, 4.69) is 55.1 Å². The summed E-state index contributed by atoms with van der Waals surface area (Å²) in [5, 5.41) is 10.1. The third kappa shape index (κ3) is 7.61. The first-order chi connectivity index (χ1) is 16.4. The van der Waals surface area contributed by atoms with E-state index in [-0.39, 0.29) is 28.9 Å². The standard InChI is InChI=1S/C28H42F2N4O/c1-7-8-25(32-21-10-9-19-13-20(29)14-24(30)23(19)15-21)26(35)33-22-11-12-34(16-22)28(5,6)18-31-17-27(2,3)4/h11-14,16,21,25,31-32H,7-10,15,17-18H2,1-6H3,(H,33,35)/t21-,25-/m0/s1. The van der Waals surface area contributed by atoms with Gasteiger partial charge >= 0.3 is 0 Å². The van der Waals surface area contributed by atoms with Crippen LogP contribution < -0.4 is 16.0 Å². The predicted octanol–water partition coefficient (Wildman–Crippen LogP) is 5.39. The Morgan fingerprint density at radius 2 is 1.91 bits per heavy atom. The fourth-order valence-electron chi connectivity index (χ4n) is 4.70. The molecule has 0 unspecified atom stereocenters. The van der Waals surface area contributed by atoms with Gasteiger partial charge in [0.15, 0.2) is 0 Å². The molecule has 1 aliphatic rings. The highest BCUT2D eigenvalue weighted by Crippen LogP contribution is 2.26. The van der Waals surface area contributed by atoms with Gasteiger partial charge in [-0.25, -0.2) is 8.78 Å². The number of nitrogens with one attached hydrogen (secondary N) is 3. The number of hydrogen-bond donors (Lipinski definition) is 3. The molecule has 0 fully saturated rings. The molecule has 7 heteroatoms. The highest BCUT2D eigenvalue weighted by atomic mass is 19.1. The van der Waals surface area contributed by atoms with Crippen molar-refractivity contribution in [2.45, 2.75) is 91.3 Å². The van der Waals surface area contributed by atoms with Crippen LogP contribution in [0.15, 0.2) is 30.6 Å². The quantitative estimate of drug-likeness (QED) is 0.420. The predicted molar refractivity (Wildman–Crippen MR) is 139 cm³/mol. The highest BCUT2D eigenvalue weighted by Gasteiger charge is 2.27. The van der Waals surface area contributed by atoms with Crippen molar-refractivity contribution in [2.24, 2.45) is 5.41 Å². The Morgan fingerprint density at radius 1 is 1.17 bits per heavy atom. The van der Waals surface area contributed by atoms with Gasteiger partial charge in [-0.1, -0.05) is 34.1 Å². The molecule has 3 N–H and O–H groups in total. The molecule has 0 saturated heterocycles. The Bertz CT molecular complexity index is 1010. The third-order valence-corrected chi connectivity index (χ3v) is 6.67. The number of halogens is 2. The Labute approximate surface area is 209 Å². The minimum Gasteiger partial charge on any atom is -0.345 e. The molecule has 1 heterocycles. The average Bonchev–Trinajstić information content (AvgIpc) is 3.22. The lowest BCUT2D eigenvalue weighted by atomic mass is 9.87. The van der Waals surface area contributed by atoms with E-state index in [0.29, 0.717) is 24.8 Å². The van der Waals surface area contributed by atoms with Crippen LogP contribution in [-0.4, -0.2) is 35.6 Å². The van der Waals surface area contributed by atoms with E-state index in [1.165, 1.54) is 6.07 Å². The zero-order valence-corrected chi connectivity index (χ0v) is 22.1. The minimum absolute atomic E-state index is 0.0258. The van der Waals surface area contributed by atoms with Gasteiger partial charge in [-0.2, -0.15) is 0 Å². The molecular formula is C28H42F2N4O. The normalized spacial score (nSPS) is 17.2. The lowest BCUT2D eigenvalue weighted by molar-refractivity contribution is -0.118. The number of benzene rings is 1. The monoisotopic (exact) mass is 488 g/mol. The van der Waals surface area contributed by atoms with Crippen LogP contribution in [0.2, 0.25) is 0 Å². The summed E-state index contributed by atoms with van der Waals surface area (Å²) in [4.78, 5) is 13.2. The van der Waals surface area contributed by atoms with Crippen LogP contribution in [-0.2, 0) is 23.2 Å². The first kappa shape index (κ1) is 27.3. The molecule has 0 aliphatic heterocycles. The molecule has 0 radical (unpaired) electrons. The van der Waals surface area contributed by atoms with Crippen LogP contribution >= 0.6 is 0 Å². The summed E-state index contributed by atoms with van der Waals surface area (Å²) in [6.07, 6.45) is 7.31. The largest absolute Gasteiger partial charge is 0.345 e. The fourth-order valence-corrected chi connectivity index (χ4v) is 4.70. The van der Waals surface area contributed by atoms with Gasteiger partial charge in [0.05, 0.1) is 17.3 Å². The van der Waals surface area contributed by atoms with Gasteiger partial charge in [-0.05, 0) is 68.2 Å². The van der Waals surface area contributed by atoms with Crippen LogP contribution in [0.1, 0.15) is 71.9 Å². The Morgan fingerprint density at radius 3 is 2.60 bits per heavy atom. The number of fused-ring (bicyclic) bond motifs is 1. The van der Waals surface area contributed by atoms with Crippen LogP contribution in [0.25, 0.3) is 0 Å². The third-order valence-electron chi connectivity index (χ3n) is 6.67. The molecule has 2 atom stereocenters. The summed E-state index contributed by atoms with van der Waals surface area (Å²) in [5.41, 5.74) is 2.13. The van der Waals surface area contributed by atoms with Gasteiger partial charge in [0.2, 0.25) is 5.91 Å². The smallest absolute Gasteiger partial charge is 0.241 e. The van der Waals surface area contributed by atoms with Crippen molar-refractivity contribution < 1.29 is 13.6 Å². The van der Waals surface area contributed by atoms with E-state index in [9.17, 15) is 13.6 Å². The van der Waals surface area contributed by atoms with Gasteiger partial charge in [-0.3, -0.25) is 4.79 Å². The van der Waals surface area contributed by atoms with Gasteiger partial charge < -0.3 is 20.5 Å². The molecule has 2 aromatic rings. The second-order valence-electron chi connectivity index (χ2n) is 11.7. The van der Waals surface area contributed by atoms with E-state index < -0.39 is 11.6 Å². The summed E-state index contributed by atoms with van der Waals surface area (Å²) in [6, 6.07) is 3.90. The lowest BCUT2D eigenvalue weighted by Crippen LogP contribution is -2.47. The molecule has 1 aliphatic carbocycles. The Balaban J connectivity index is 1.61. The van der Waals surface area contributed by atoms with E-state index in [0.717, 1.165) is 43.2 Å². The van der Waals surface area contributed by atoms with E-state index in [1.54, 1.807) is 0 Å². The Kier molecular flexibility index (Phi) is 8.76. The first-order valence-corrected chi connectivity index (χ1v) is 12.8. The molecule has 194 valence electrons. The van der Waals surface area contributed by atoms with Crippen LogP contribution in [0.5, 0.6) is 0 Å². The molecular weight excluding hydrogens is 446 g/mol. The number of carbonyl (C=O) groups excluding carboxylic acids is 1. The zero-order chi connectivity index (χ0) is 25.8. The van der Waals surface area contributed by atoms with Crippen molar-refractivity contribution in [3.63, 3.8) is 0 Å². The van der Waals surface area contributed by atoms with Crippen molar-refractivity contribution in [3.05, 3.63) is 53.4 Å². The number of nitrogens with zero attached hydrogens (tertiary/aromatic N) is 1. The van der Waals surface area contributed by atoms with Gasteiger partial charge in [0.25, 0.3) is 0 Å². The molecule has 3 rings (SSSR count). The topological polar surface area (TPSA) is 58.1 Å². The summed E-state index contributed by atoms with van der Waals surface area (Å²) in [6.45, 7) is 14.7. The molecule has 0 saturated carbocycles. The maximum absolute atomic E-state index is 14.3.